The van der Waals surface area contributed by atoms with Crippen LogP contribution in [-0.2, 0) is 20.9 Å². The van der Waals surface area contributed by atoms with E-state index in [1.54, 1.807) is 11.8 Å². The van der Waals surface area contributed by atoms with Crippen LogP contribution in [0.15, 0.2) is 30.3 Å². The number of esters is 1. The Morgan fingerprint density at radius 2 is 1.80 bits per heavy atom. The molecule has 0 aromatic heterocycles. The molecule has 0 unspecified atom stereocenters. The lowest BCUT2D eigenvalue weighted by molar-refractivity contribution is -0.146. The molecular weight excluding hydrogens is 254 g/mol. The number of ether oxygens (including phenoxy) is 1. The predicted octanol–water partition coefficient (Wildman–Crippen LogP) is 2.77. The molecule has 1 rings (SSSR count). The average molecular weight is 277 g/mol. The molecule has 20 heavy (non-hydrogen) atoms. The van der Waals surface area contributed by atoms with Crippen molar-refractivity contribution >= 4 is 11.9 Å². The highest BCUT2D eigenvalue weighted by molar-refractivity contribution is 5.81. The van der Waals surface area contributed by atoms with Gasteiger partial charge in [-0.1, -0.05) is 30.3 Å². The van der Waals surface area contributed by atoms with Crippen LogP contribution in [0.3, 0.4) is 0 Å². The normalized spacial score (nSPS) is 10.4. The molecule has 0 bridgehead atoms. The number of nitrogens with zero attached hydrogens (tertiary/aromatic N) is 1. The third kappa shape index (κ3) is 5.43. The average Bonchev–Trinajstić information content (AvgIpc) is 2.43. The molecule has 0 spiro atoms. The van der Waals surface area contributed by atoms with Gasteiger partial charge in [-0.3, -0.25) is 9.59 Å². The molecular formula is C16H23NO3. The van der Waals surface area contributed by atoms with Gasteiger partial charge >= 0.3 is 5.97 Å². The maximum Gasteiger partial charge on any atom is 0.306 e. The van der Waals surface area contributed by atoms with E-state index in [0.29, 0.717) is 13.2 Å². The molecule has 0 saturated carbocycles. The van der Waals surface area contributed by atoms with E-state index in [4.69, 9.17) is 4.74 Å². The molecule has 1 aromatic carbocycles. The number of hydrogen-bond acceptors (Lipinski definition) is 3. The van der Waals surface area contributed by atoms with Crippen LogP contribution in [0.4, 0.5) is 0 Å². The minimum absolute atomic E-state index is 0.0168. The molecule has 4 nitrogen and oxygen atoms in total. The third-order valence-corrected chi connectivity index (χ3v) is 2.99. The highest BCUT2D eigenvalue weighted by Gasteiger charge is 2.18. The fraction of sp³-hybridized carbons (Fsp3) is 0.500. The molecule has 0 radical (unpaired) electrons. The first-order chi connectivity index (χ1) is 9.54. The van der Waals surface area contributed by atoms with Gasteiger partial charge in [-0.25, -0.2) is 0 Å². The van der Waals surface area contributed by atoms with E-state index in [2.05, 4.69) is 0 Å². The van der Waals surface area contributed by atoms with Crippen LogP contribution in [-0.4, -0.2) is 29.4 Å². The highest BCUT2D eigenvalue weighted by Crippen LogP contribution is 2.11. The Hall–Kier alpha value is -1.84. The predicted molar refractivity (Wildman–Crippen MR) is 78.0 cm³/mol. The molecule has 0 fully saturated rings. The smallest absolute Gasteiger partial charge is 0.306 e. The van der Waals surface area contributed by atoms with Crippen LogP contribution in [0.25, 0.3) is 0 Å². The number of hydrogen-bond donors (Lipinski definition) is 0. The van der Waals surface area contributed by atoms with E-state index in [1.807, 2.05) is 44.2 Å². The maximum atomic E-state index is 12.2. The zero-order chi connectivity index (χ0) is 15.0. The second kappa shape index (κ2) is 8.35. The molecule has 0 saturated heterocycles. The summed E-state index contributed by atoms with van der Waals surface area (Å²) < 4.78 is 4.84. The summed E-state index contributed by atoms with van der Waals surface area (Å²) >= 11 is 0. The summed E-state index contributed by atoms with van der Waals surface area (Å²) in [6, 6.07) is 9.95. The second-order valence-corrected chi connectivity index (χ2v) is 4.91. The van der Waals surface area contributed by atoms with E-state index >= 15 is 0 Å². The van der Waals surface area contributed by atoms with Crippen molar-refractivity contribution in [3.05, 3.63) is 35.9 Å². The van der Waals surface area contributed by atoms with Crippen molar-refractivity contribution in [2.24, 2.45) is 0 Å². The number of amides is 1. The molecule has 0 N–H and O–H groups in total. The van der Waals surface area contributed by atoms with Gasteiger partial charge in [0.15, 0.2) is 0 Å². The van der Waals surface area contributed by atoms with Crippen molar-refractivity contribution in [2.75, 3.05) is 6.61 Å². The van der Waals surface area contributed by atoms with Crippen molar-refractivity contribution < 1.29 is 14.3 Å². The van der Waals surface area contributed by atoms with Crippen molar-refractivity contribution in [1.29, 1.82) is 0 Å². The van der Waals surface area contributed by atoms with Crippen LogP contribution in [0.1, 0.15) is 39.2 Å². The third-order valence-electron chi connectivity index (χ3n) is 2.99. The topological polar surface area (TPSA) is 46.6 Å². The largest absolute Gasteiger partial charge is 0.466 e. The van der Waals surface area contributed by atoms with E-state index in [-0.39, 0.29) is 30.8 Å². The maximum absolute atomic E-state index is 12.2. The molecule has 1 amide bonds. The van der Waals surface area contributed by atoms with Gasteiger partial charge in [0.2, 0.25) is 5.91 Å². The van der Waals surface area contributed by atoms with Crippen molar-refractivity contribution in [2.45, 2.75) is 46.2 Å². The first-order valence-corrected chi connectivity index (χ1v) is 7.03. The minimum atomic E-state index is -0.315. The Balaban J connectivity index is 2.57. The van der Waals surface area contributed by atoms with Crippen LogP contribution in [0, 0.1) is 0 Å². The zero-order valence-electron chi connectivity index (χ0n) is 12.5. The summed E-state index contributed by atoms with van der Waals surface area (Å²) in [6.07, 6.45) is 0.342. The summed E-state index contributed by atoms with van der Waals surface area (Å²) in [7, 11) is 0. The van der Waals surface area contributed by atoms with Crippen LogP contribution >= 0.6 is 0 Å². The van der Waals surface area contributed by atoms with Crippen molar-refractivity contribution in [3.8, 4) is 0 Å². The number of rotatable bonds is 7. The number of benzene rings is 1. The van der Waals surface area contributed by atoms with E-state index in [0.717, 1.165) is 5.56 Å². The van der Waals surface area contributed by atoms with Gasteiger partial charge in [0.05, 0.1) is 13.0 Å². The molecule has 0 aliphatic carbocycles. The van der Waals surface area contributed by atoms with Crippen molar-refractivity contribution in [3.63, 3.8) is 0 Å². The van der Waals surface area contributed by atoms with Gasteiger partial charge in [0.25, 0.3) is 0 Å². The Kier molecular flexibility index (Phi) is 6.77. The van der Waals surface area contributed by atoms with Crippen LogP contribution < -0.4 is 0 Å². The van der Waals surface area contributed by atoms with Gasteiger partial charge in [-0.05, 0) is 26.3 Å². The second-order valence-electron chi connectivity index (χ2n) is 4.91. The lowest BCUT2D eigenvalue weighted by atomic mass is 10.1. The quantitative estimate of drug-likeness (QED) is 0.720. The monoisotopic (exact) mass is 277 g/mol. The number of carbonyl (C=O) groups is 2. The first kappa shape index (κ1) is 16.2. The van der Waals surface area contributed by atoms with Crippen molar-refractivity contribution in [1.82, 2.24) is 4.90 Å². The fourth-order valence-corrected chi connectivity index (χ4v) is 1.92. The Morgan fingerprint density at radius 3 is 2.35 bits per heavy atom. The number of carbonyl (C=O) groups excluding carboxylic acids is 2. The Bertz CT molecular complexity index is 429. The molecule has 0 heterocycles. The van der Waals surface area contributed by atoms with Gasteiger partial charge in [0, 0.05) is 19.0 Å². The Morgan fingerprint density at radius 1 is 1.15 bits per heavy atom. The van der Waals surface area contributed by atoms with Crippen LogP contribution in [0.2, 0.25) is 0 Å². The SMILES string of the molecule is CCOC(=O)CCC(=O)N(Cc1ccccc1)C(C)C. The summed E-state index contributed by atoms with van der Waals surface area (Å²) in [5, 5.41) is 0. The summed E-state index contributed by atoms with van der Waals surface area (Å²) in [5.74, 6) is -0.332. The Labute approximate surface area is 120 Å². The molecule has 1 aromatic rings. The lowest BCUT2D eigenvalue weighted by Gasteiger charge is -2.27. The van der Waals surface area contributed by atoms with Gasteiger partial charge < -0.3 is 9.64 Å². The molecule has 0 aliphatic heterocycles. The minimum Gasteiger partial charge on any atom is -0.466 e. The van der Waals surface area contributed by atoms with E-state index in [1.165, 1.54) is 0 Å². The van der Waals surface area contributed by atoms with Gasteiger partial charge in [-0.15, -0.1) is 0 Å². The molecule has 110 valence electrons. The summed E-state index contributed by atoms with van der Waals surface area (Å²) in [5.41, 5.74) is 1.09. The fourth-order valence-electron chi connectivity index (χ4n) is 1.92. The van der Waals surface area contributed by atoms with E-state index < -0.39 is 0 Å². The zero-order valence-corrected chi connectivity index (χ0v) is 12.5. The summed E-state index contributed by atoms with van der Waals surface area (Å²) in [6.45, 7) is 6.64. The summed E-state index contributed by atoms with van der Waals surface area (Å²) in [4.78, 5) is 25.3. The van der Waals surface area contributed by atoms with Gasteiger partial charge in [-0.2, -0.15) is 0 Å². The highest BCUT2D eigenvalue weighted by atomic mass is 16.5. The van der Waals surface area contributed by atoms with Gasteiger partial charge in [0.1, 0.15) is 0 Å². The van der Waals surface area contributed by atoms with E-state index in [9.17, 15) is 9.59 Å². The molecule has 0 atom stereocenters. The first-order valence-electron chi connectivity index (χ1n) is 7.03. The standard InChI is InChI=1S/C16H23NO3/c1-4-20-16(19)11-10-15(18)17(13(2)3)12-14-8-6-5-7-9-14/h5-9,13H,4,10-12H2,1-3H3. The van der Waals surface area contributed by atoms with Crippen LogP contribution in [0.5, 0.6) is 0 Å². The molecule has 4 heteroatoms. The lowest BCUT2D eigenvalue weighted by Crippen LogP contribution is -2.36. The molecule has 0 aliphatic rings.